The molecule has 236 valence electrons. The van der Waals surface area contributed by atoms with Gasteiger partial charge >= 0.3 is 0 Å². The van der Waals surface area contributed by atoms with E-state index in [2.05, 4.69) is 65.6 Å². The van der Waals surface area contributed by atoms with Gasteiger partial charge < -0.3 is 9.64 Å². The van der Waals surface area contributed by atoms with Crippen LogP contribution in [0.2, 0.25) is 0 Å². The highest BCUT2D eigenvalue weighted by molar-refractivity contribution is 5.87. The van der Waals surface area contributed by atoms with Gasteiger partial charge in [0, 0.05) is 22.4 Å². The molecule has 0 N–H and O–H groups in total. The summed E-state index contributed by atoms with van der Waals surface area (Å²) in [6, 6.07) is 42.6. The smallest absolute Gasteiger partial charge is 0.164 e. The molecule has 0 bridgehead atoms. The van der Waals surface area contributed by atoms with Crippen LogP contribution in [0.25, 0.3) is 34.2 Å². The van der Waals surface area contributed by atoms with E-state index in [1.54, 1.807) is 0 Å². The van der Waals surface area contributed by atoms with E-state index in [-0.39, 0.29) is 0 Å². The van der Waals surface area contributed by atoms with E-state index in [1.807, 2.05) is 60.7 Å². The molecule has 6 aromatic rings. The molecule has 0 saturated heterocycles. The minimum absolute atomic E-state index is 0.625. The second-order valence-electron chi connectivity index (χ2n) is 13.4. The van der Waals surface area contributed by atoms with Crippen LogP contribution in [0.15, 0.2) is 121 Å². The zero-order valence-electron chi connectivity index (χ0n) is 27.1. The number of nitrogens with zero attached hydrogens (tertiary/aromatic N) is 4. The Morgan fingerprint density at radius 3 is 1.31 bits per heavy atom. The van der Waals surface area contributed by atoms with E-state index in [9.17, 15) is 0 Å². The van der Waals surface area contributed by atoms with Crippen molar-refractivity contribution in [2.45, 2.75) is 63.2 Å². The van der Waals surface area contributed by atoms with Crippen LogP contribution in [0.1, 0.15) is 74.3 Å². The Labute approximate surface area is 282 Å². The fourth-order valence-corrected chi connectivity index (χ4v) is 7.84. The molecule has 5 nitrogen and oxygen atoms in total. The van der Waals surface area contributed by atoms with Gasteiger partial charge in [0.05, 0.1) is 11.4 Å². The summed E-state index contributed by atoms with van der Waals surface area (Å²) < 4.78 is 6.76. The highest BCUT2D eigenvalue weighted by Gasteiger charge is 2.29. The van der Waals surface area contributed by atoms with Crippen molar-refractivity contribution < 1.29 is 4.74 Å². The Bertz CT molecular complexity index is 1940. The van der Waals surface area contributed by atoms with E-state index in [0.29, 0.717) is 29.3 Å². The van der Waals surface area contributed by atoms with Gasteiger partial charge in [-0.05, 0) is 97.2 Å². The van der Waals surface area contributed by atoms with E-state index in [4.69, 9.17) is 19.7 Å². The summed E-state index contributed by atoms with van der Waals surface area (Å²) in [5, 5.41) is 0. The average molecular weight is 627 g/mol. The molecule has 0 spiro atoms. The molecule has 0 atom stereocenters. The number of anilines is 3. The van der Waals surface area contributed by atoms with Crippen molar-refractivity contribution in [3.8, 4) is 45.7 Å². The van der Waals surface area contributed by atoms with E-state index in [1.165, 1.54) is 62.5 Å². The van der Waals surface area contributed by atoms with Crippen LogP contribution in [0.5, 0.6) is 11.5 Å². The van der Waals surface area contributed by atoms with Gasteiger partial charge in [-0.2, -0.15) is 0 Å². The maximum Gasteiger partial charge on any atom is 0.164 e. The summed E-state index contributed by atoms with van der Waals surface area (Å²) in [5.41, 5.74) is 8.89. The van der Waals surface area contributed by atoms with Gasteiger partial charge in [-0.25, -0.2) is 15.0 Å². The SMILES string of the molecule is c1ccc(-c2nc(-c3ccccc3)nc(-c3ccc(N4c5ccc(C6CCCC6)cc5Oc5cc(C6CCCC6)ccc54)cc3)n2)cc1. The van der Waals surface area contributed by atoms with Crippen molar-refractivity contribution in [1.82, 2.24) is 15.0 Å². The molecule has 0 radical (unpaired) electrons. The number of hydrogen-bond donors (Lipinski definition) is 0. The van der Waals surface area contributed by atoms with Crippen molar-refractivity contribution in [3.05, 3.63) is 132 Å². The first-order valence-electron chi connectivity index (χ1n) is 17.5. The second kappa shape index (κ2) is 12.4. The number of hydrogen-bond acceptors (Lipinski definition) is 5. The number of aromatic nitrogens is 3. The maximum atomic E-state index is 6.76. The lowest BCUT2D eigenvalue weighted by Gasteiger charge is -2.34. The van der Waals surface area contributed by atoms with Gasteiger partial charge in [-0.1, -0.05) is 98.5 Å². The van der Waals surface area contributed by atoms with Crippen LogP contribution in [0.4, 0.5) is 17.1 Å². The molecule has 2 fully saturated rings. The Morgan fingerprint density at radius 1 is 0.458 bits per heavy atom. The summed E-state index contributed by atoms with van der Waals surface area (Å²) in [5.74, 6) is 5.11. The van der Waals surface area contributed by atoms with E-state index >= 15 is 0 Å². The van der Waals surface area contributed by atoms with Crippen molar-refractivity contribution >= 4 is 17.1 Å². The zero-order valence-corrected chi connectivity index (χ0v) is 27.1. The Balaban J connectivity index is 1.12. The predicted molar refractivity (Wildman–Crippen MR) is 193 cm³/mol. The highest BCUT2D eigenvalue weighted by Crippen LogP contribution is 2.53. The van der Waals surface area contributed by atoms with E-state index in [0.717, 1.165) is 45.3 Å². The second-order valence-corrected chi connectivity index (χ2v) is 13.4. The fraction of sp³-hybridized carbons (Fsp3) is 0.233. The quantitative estimate of drug-likeness (QED) is 0.184. The van der Waals surface area contributed by atoms with Gasteiger partial charge in [-0.15, -0.1) is 0 Å². The molecule has 2 saturated carbocycles. The number of benzene rings is 5. The minimum atomic E-state index is 0.625. The van der Waals surface area contributed by atoms with Crippen LogP contribution in [0.3, 0.4) is 0 Å². The van der Waals surface area contributed by atoms with Gasteiger partial charge in [0.25, 0.3) is 0 Å². The lowest BCUT2D eigenvalue weighted by Crippen LogP contribution is -2.16. The summed E-state index contributed by atoms with van der Waals surface area (Å²) in [6.45, 7) is 0. The molecule has 1 aromatic heterocycles. The standard InChI is InChI=1S/C43H38N4O/c1-3-15-31(16-4-1)41-44-42(32-17-5-2-6-18-32)46-43(45-41)33-19-23-36(24-20-33)47-37-25-21-34(29-11-7-8-12-29)27-39(37)48-40-28-35(22-26-38(40)47)30-13-9-10-14-30/h1-6,15-30H,7-14H2. The highest BCUT2D eigenvalue weighted by atomic mass is 16.5. The summed E-state index contributed by atoms with van der Waals surface area (Å²) >= 11 is 0. The number of fused-ring (bicyclic) bond motifs is 2. The lowest BCUT2D eigenvalue weighted by atomic mass is 9.95. The van der Waals surface area contributed by atoms with Crippen molar-refractivity contribution in [2.75, 3.05) is 4.90 Å². The Kier molecular flexibility index (Phi) is 7.46. The molecule has 5 heteroatoms. The van der Waals surface area contributed by atoms with Crippen LogP contribution < -0.4 is 9.64 Å². The van der Waals surface area contributed by atoms with Crippen LogP contribution in [0, 0.1) is 0 Å². The van der Waals surface area contributed by atoms with Gasteiger partial charge in [0.2, 0.25) is 0 Å². The maximum absolute atomic E-state index is 6.76. The van der Waals surface area contributed by atoms with Gasteiger partial charge in [-0.3, -0.25) is 0 Å². The molecule has 0 amide bonds. The fourth-order valence-electron chi connectivity index (χ4n) is 7.84. The molecular formula is C43H38N4O. The molecule has 2 aliphatic carbocycles. The average Bonchev–Trinajstić information content (AvgIpc) is 3.90. The van der Waals surface area contributed by atoms with Gasteiger partial charge in [0.1, 0.15) is 0 Å². The molecule has 1 aliphatic heterocycles. The van der Waals surface area contributed by atoms with Crippen molar-refractivity contribution in [2.24, 2.45) is 0 Å². The lowest BCUT2D eigenvalue weighted by molar-refractivity contribution is 0.474. The van der Waals surface area contributed by atoms with Crippen LogP contribution >= 0.6 is 0 Å². The zero-order chi connectivity index (χ0) is 31.9. The summed E-state index contributed by atoms with van der Waals surface area (Å²) in [7, 11) is 0. The summed E-state index contributed by atoms with van der Waals surface area (Å²) in [4.78, 5) is 17.1. The first kappa shape index (κ1) is 28.9. The molecule has 5 aromatic carbocycles. The van der Waals surface area contributed by atoms with Crippen LogP contribution in [-0.4, -0.2) is 15.0 Å². The first-order valence-corrected chi connectivity index (χ1v) is 17.5. The molecule has 9 rings (SSSR count). The Hall–Kier alpha value is -5.29. The van der Waals surface area contributed by atoms with Crippen molar-refractivity contribution in [3.63, 3.8) is 0 Å². The molecule has 0 unspecified atom stereocenters. The topological polar surface area (TPSA) is 51.1 Å². The molecule has 3 aliphatic rings. The normalized spacial score (nSPS) is 16.0. The molecule has 48 heavy (non-hydrogen) atoms. The monoisotopic (exact) mass is 626 g/mol. The molecular weight excluding hydrogens is 589 g/mol. The summed E-state index contributed by atoms with van der Waals surface area (Å²) in [6.07, 6.45) is 10.3. The van der Waals surface area contributed by atoms with Crippen LogP contribution in [-0.2, 0) is 0 Å². The third-order valence-electron chi connectivity index (χ3n) is 10.4. The number of ether oxygens (including phenoxy) is 1. The minimum Gasteiger partial charge on any atom is -0.453 e. The van der Waals surface area contributed by atoms with E-state index < -0.39 is 0 Å². The predicted octanol–water partition coefficient (Wildman–Crippen LogP) is 11.8. The van der Waals surface area contributed by atoms with Crippen molar-refractivity contribution in [1.29, 1.82) is 0 Å². The Morgan fingerprint density at radius 2 is 0.875 bits per heavy atom. The first-order chi connectivity index (χ1) is 23.8. The van der Waals surface area contributed by atoms with Gasteiger partial charge in [0.15, 0.2) is 29.0 Å². The third-order valence-corrected chi connectivity index (χ3v) is 10.4. The third kappa shape index (κ3) is 5.43. The molecule has 2 heterocycles. The number of rotatable bonds is 6. The largest absolute Gasteiger partial charge is 0.453 e.